The molecule has 5 nitrogen and oxygen atoms in total. The van der Waals surface area contributed by atoms with Crippen molar-refractivity contribution in [3.8, 4) is 0 Å². The molecule has 2 bridgehead atoms. The van der Waals surface area contributed by atoms with E-state index in [2.05, 4.69) is 4.98 Å². The van der Waals surface area contributed by atoms with E-state index >= 15 is 0 Å². The van der Waals surface area contributed by atoms with Crippen LogP contribution >= 0.6 is 11.6 Å². The summed E-state index contributed by atoms with van der Waals surface area (Å²) in [6.07, 6.45) is 4.54. The van der Waals surface area contributed by atoms with Gasteiger partial charge < -0.3 is 4.57 Å². The molecular weight excluding hydrogens is 262 g/mol. The number of hydrogen-bond acceptors (Lipinski definition) is 3. The quantitative estimate of drug-likeness (QED) is 0.816. The van der Waals surface area contributed by atoms with Crippen molar-refractivity contribution in [1.29, 1.82) is 0 Å². The lowest BCUT2D eigenvalue weighted by Gasteiger charge is -2.25. The second kappa shape index (κ2) is 3.70. The molecule has 0 aromatic carbocycles. The fraction of sp³-hybridized carbons (Fsp3) is 0.700. The number of halogens is 1. The third-order valence-corrected chi connectivity index (χ3v) is 6.16. The standard InChI is InChI=1S/C10H14ClN3O2S/c1-13-6-12-10(9(13)11)17(15,16)14-5-7-2-3-8(14)4-7/h6-8H,2-5H2,1H3. The Morgan fingerprint density at radius 2 is 2.24 bits per heavy atom. The highest BCUT2D eigenvalue weighted by Crippen LogP contribution is 2.40. The summed E-state index contributed by atoms with van der Waals surface area (Å²) in [6.45, 7) is 0.625. The van der Waals surface area contributed by atoms with Crippen LogP contribution < -0.4 is 0 Å². The lowest BCUT2D eigenvalue weighted by atomic mass is 10.1. The minimum Gasteiger partial charge on any atom is -0.324 e. The Bertz CT molecular complexity index is 554. The molecule has 1 aromatic heterocycles. The Balaban J connectivity index is 1.99. The van der Waals surface area contributed by atoms with E-state index in [1.807, 2.05) is 0 Å². The first-order valence-electron chi connectivity index (χ1n) is 5.69. The van der Waals surface area contributed by atoms with E-state index in [1.54, 1.807) is 11.4 Å². The predicted molar refractivity (Wildman–Crippen MR) is 63.2 cm³/mol. The fourth-order valence-corrected chi connectivity index (χ4v) is 4.99. The molecule has 0 spiro atoms. The molecule has 2 aliphatic rings. The number of nitrogens with zero attached hydrogens (tertiary/aromatic N) is 3. The van der Waals surface area contributed by atoms with Crippen LogP contribution in [0.3, 0.4) is 0 Å². The first kappa shape index (κ1) is 11.5. The molecule has 1 aromatic rings. The lowest BCUT2D eigenvalue weighted by molar-refractivity contribution is 0.332. The molecular formula is C10H14ClN3O2S. The van der Waals surface area contributed by atoms with Crippen molar-refractivity contribution in [2.75, 3.05) is 6.54 Å². The van der Waals surface area contributed by atoms with Crippen molar-refractivity contribution >= 4 is 21.6 Å². The van der Waals surface area contributed by atoms with E-state index in [1.165, 1.54) is 10.9 Å². The topological polar surface area (TPSA) is 55.2 Å². The van der Waals surface area contributed by atoms with E-state index in [4.69, 9.17) is 11.6 Å². The van der Waals surface area contributed by atoms with Gasteiger partial charge in [-0.1, -0.05) is 11.6 Å². The lowest BCUT2D eigenvalue weighted by Crippen LogP contribution is -2.37. The summed E-state index contributed by atoms with van der Waals surface area (Å²) < 4.78 is 27.9. The van der Waals surface area contributed by atoms with Crippen molar-refractivity contribution in [2.24, 2.45) is 13.0 Å². The number of aromatic nitrogens is 2. The maximum atomic E-state index is 12.4. The van der Waals surface area contributed by atoms with Crippen LogP contribution in [0, 0.1) is 5.92 Å². The maximum absolute atomic E-state index is 12.4. The third-order valence-electron chi connectivity index (χ3n) is 3.75. The van der Waals surface area contributed by atoms with Crippen molar-refractivity contribution in [1.82, 2.24) is 13.9 Å². The molecule has 2 atom stereocenters. The number of fused-ring (bicyclic) bond motifs is 2. The Morgan fingerprint density at radius 3 is 2.71 bits per heavy atom. The molecule has 94 valence electrons. The Kier molecular flexibility index (Phi) is 2.50. The van der Waals surface area contributed by atoms with Gasteiger partial charge in [-0.3, -0.25) is 0 Å². The number of imidazole rings is 1. The zero-order valence-electron chi connectivity index (χ0n) is 9.50. The molecule has 0 radical (unpaired) electrons. The van der Waals surface area contributed by atoms with E-state index in [0.717, 1.165) is 19.3 Å². The van der Waals surface area contributed by atoms with Crippen LogP contribution in [0.15, 0.2) is 11.4 Å². The molecule has 2 unspecified atom stereocenters. The average molecular weight is 276 g/mol. The third kappa shape index (κ3) is 1.62. The molecule has 17 heavy (non-hydrogen) atoms. The van der Waals surface area contributed by atoms with E-state index in [-0.39, 0.29) is 16.2 Å². The van der Waals surface area contributed by atoms with Crippen LogP contribution in [0.1, 0.15) is 19.3 Å². The van der Waals surface area contributed by atoms with Crippen LogP contribution in [-0.4, -0.2) is 34.9 Å². The summed E-state index contributed by atoms with van der Waals surface area (Å²) in [7, 11) is -1.82. The van der Waals surface area contributed by atoms with E-state index in [0.29, 0.717) is 12.5 Å². The number of aryl methyl sites for hydroxylation is 1. The van der Waals surface area contributed by atoms with Gasteiger partial charge in [0, 0.05) is 19.6 Å². The first-order valence-corrected chi connectivity index (χ1v) is 7.50. The number of sulfonamides is 1. The second-order valence-electron chi connectivity index (χ2n) is 4.86. The minimum atomic E-state index is -3.51. The summed E-state index contributed by atoms with van der Waals surface area (Å²) in [5.74, 6) is 0.525. The van der Waals surface area contributed by atoms with Gasteiger partial charge in [-0.2, -0.15) is 4.31 Å². The van der Waals surface area contributed by atoms with Crippen molar-refractivity contribution < 1.29 is 8.42 Å². The molecule has 0 amide bonds. The maximum Gasteiger partial charge on any atom is 0.263 e. The Labute approximate surface area is 105 Å². The zero-order valence-corrected chi connectivity index (χ0v) is 11.1. The van der Waals surface area contributed by atoms with Gasteiger partial charge in [0.25, 0.3) is 10.0 Å². The van der Waals surface area contributed by atoms with Gasteiger partial charge >= 0.3 is 0 Å². The van der Waals surface area contributed by atoms with Crippen LogP contribution in [0.2, 0.25) is 5.15 Å². The van der Waals surface area contributed by atoms with Gasteiger partial charge in [-0.15, -0.1) is 0 Å². The second-order valence-corrected chi connectivity index (χ2v) is 7.02. The van der Waals surface area contributed by atoms with Gasteiger partial charge in [0.2, 0.25) is 5.03 Å². The molecule has 7 heteroatoms. The smallest absolute Gasteiger partial charge is 0.263 e. The molecule has 1 saturated carbocycles. The number of rotatable bonds is 2. The normalized spacial score (nSPS) is 29.1. The van der Waals surface area contributed by atoms with Crippen LogP contribution in [0.5, 0.6) is 0 Å². The van der Waals surface area contributed by atoms with E-state index < -0.39 is 10.0 Å². The minimum absolute atomic E-state index is 0.00535. The molecule has 1 aliphatic carbocycles. The van der Waals surface area contributed by atoms with E-state index in [9.17, 15) is 8.42 Å². The van der Waals surface area contributed by atoms with Crippen LogP contribution in [-0.2, 0) is 17.1 Å². The van der Waals surface area contributed by atoms with Gasteiger partial charge in [-0.05, 0) is 25.2 Å². The van der Waals surface area contributed by atoms with Crippen LogP contribution in [0.25, 0.3) is 0 Å². The summed E-state index contributed by atoms with van der Waals surface area (Å²) in [5, 5.41) is 0.182. The molecule has 2 heterocycles. The van der Waals surface area contributed by atoms with Gasteiger partial charge in [-0.25, -0.2) is 13.4 Å². The number of hydrogen-bond donors (Lipinski definition) is 0. The largest absolute Gasteiger partial charge is 0.324 e. The highest BCUT2D eigenvalue weighted by molar-refractivity contribution is 7.89. The van der Waals surface area contributed by atoms with Crippen molar-refractivity contribution in [3.05, 3.63) is 11.5 Å². The molecule has 1 aliphatic heterocycles. The fourth-order valence-electron chi connectivity index (χ4n) is 2.85. The van der Waals surface area contributed by atoms with Crippen LogP contribution in [0.4, 0.5) is 0 Å². The molecule has 0 N–H and O–H groups in total. The Hall–Kier alpha value is -0.590. The SMILES string of the molecule is Cn1cnc(S(=O)(=O)N2CC3CCC2C3)c1Cl. The summed E-state index contributed by atoms with van der Waals surface area (Å²) in [6, 6.07) is 0.156. The van der Waals surface area contributed by atoms with Gasteiger partial charge in [0.1, 0.15) is 5.15 Å². The highest BCUT2D eigenvalue weighted by atomic mass is 35.5. The highest BCUT2D eigenvalue weighted by Gasteiger charge is 2.45. The molecule has 1 saturated heterocycles. The molecule has 3 rings (SSSR count). The van der Waals surface area contributed by atoms with Crippen molar-refractivity contribution in [3.63, 3.8) is 0 Å². The number of piperidine rings is 1. The summed E-state index contributed by atoms with van der Waals surface area (Å²) >= 11 is 5.97. The van der Waals surface area contributed by atoms with Gasteiger partial charge in [0.05, 0.1) is 6.33 Å². The first-order chi connectivity index (χ1) is 8.00. The van der Waals surface area contributed by atoms with Crippen molar-refractivity contribution in [2.45, 2.75) is 30.3 Å². The molecule has 2 fully saturated rings. The zero-order chi connectivity index (χ0) is 12.2. The summed E-state index contributed by atoms with van der Waals surface area (Å²) in [4.78, 5) is 3.92. The predicted octanol–water partition coefficient (Wildman–Crippen LogP) is 1.25. The average Bonchev–Trinajstić information content (AvgIpc) is 2.96. The summed E-state index contributed by atoms with van der Waals surface area (Å²) in [5.41, 5.74) is 0. The monoisotopic (exact) mass is 275 g/mol. The van der Waals surface area contributed by atoms with Gasteiger partial charge in [0.15, 0.2) is 0 Å². The Morgan fingerprint density at radius 1 is 1.47 bits per heavy atom.